The fraction of sp³-hybridized carbons (Fsp3) is 0.357. The van der Waals surface area contributed by atoms with Gasteiger partial charge in [-0.15, -0.1) is 0 Å². The zero-order valence-electron chi connectivity index (χ0n) is 11.2. The highest BCUT2D eigenvalue weighted by Crippen LogP contribution is 2.30. The highest BCUT2D eigenvalue weighted by Gasteiger charge is 2.09. The number of aliphatic hydroxyl groups is 1. The Morgan fingerprint density at radius 3 is 2.53 bits per heavy atom. The van der Waals surface area contributed by atoms with Gasteiger partial charge >= 0.3 is 0 Å². The molecule has 0 aliphatic rings. The van der Waals surface area contributed by atoms with Crippen LogP contribution in [0.1, 0.15) is 38.5 Å². The largest absolute Gasteiger partial charge is 0.454 e. The Morgan fingerprint density at radius 2 is 2.00 bits per heavy atom. The van der Waals surface area contributed by atoms with Gasteiger partial charge in [-0.1, -0.05) is 22.0 Å². The van der Waals surface area contributed by atoms with Crippen LogP contribution in [0.25, 0.3) is 0 Å². The second-order valence-electron chi connectivity index (χ2n) is 4.71. The maximum absolute atomic E-state index is 9.57. The van der Waals surface area contributed by atoms with Gasteiger partial charge in [0.2, 0.25) is 0 Å². The molecule has 0 bridgehead atoms. The molecule has 5 heteroatoms. The fourth-order valence-corrected chi connectivity index (χ4v) is 2.39. The molecule has 0 radical (unpaired) electrons. The molecular weight excluding hydrogens is 308 g/mol. The monoisotopic (exact) mass is 324 g/mol. The predicted molar refractivity (Wildman–Crippen MR) is 77.5 cm³/mol. The number of hydrogen-bond acceptors (Lipinski definition) is 3. The molecule has 1 atom stereocenters. The molecule has 0 fully saturated rings. The third-order valence-corrected chi connectivity index (χ3v) is 3.45. The van der Waals surface area contributed by atoms with E-state index in [1.165, 1.54) is 0 Å². The first-order chi connectivity index (χ1) is 8.97. The van der Waals surface area contributed by atoms with Gasteiger partial charge in [-0.25, -0.2) is 0 Å². The van der Waals surface area contributed by atoms with Crippen molar-refractivity contribution in [1.82, 2.24) is 9.78 Å². The number of halogens is 1. The van der Waals surface area contributed by atoms with Gasteiger partial charge in [-0.3, -0.25) is 4.68 Å². The summed E-state index contributed by atoms with van der Waals surface area (Å²) in [7, 11) is 0. The minimum Gasteiger partial charge on any atom is -0.454 e. The minimum atomic E-state index is -0.507. The Balaban J connectivity index is 2.16. The lowest BCUT2D eigenvalue weighted by molar-refractivity contribution is 0.198. The molecule has 0 saturated heterocycles. The predicted octanol–water partition coefficient (Wildman–Crippen LogP) is 4.07. The average Bonchev–Trinajstić information content (AvgIpc) is 2.77. The molecular formula is C14H17BrN2O2. The van der Waals surface area contributed by atoms with E-state index in [0.717, 1.165) is 10.0 Å². The second-order valence-corrected chi connectivity index (χ2v) is 5.57. The van der Waals surface area contributed by atoms with Crippen LogP contribution in [0.3, 0.4) is 0 Å². The number of ether oxygens (including phenoxy) is 1. The lowest BCUT2D eigenvalue weighted by Gasteiger charge is -2.09. The number of benzene rings is 1. The molecule has 1 N–H and O–H groups in total. The molecule has 1 heterocycles. The fourth-order valence-electron chi connectivity index (χ4n) is 1.70. The first-order valence-electron chi connectivity index (χ1n) is 6.17. The van der Waals surface area contributed by atoms with Gasteiger partial charge in [0.05, 0.1) is 18.5 Å². The number of rotatable bonds is 4. The number of nitrogens with zero attached hydrogens (tertiary/aromatic N) is 2. The van der Waals surface area contributed by atoms with Crippen LogP contribution in [0, 0.1) is 0 Å². The summed E-state index contributed by atoms with van der Waals surface area (Å²) in [6.45, 7) is 5.85. The van der Waals surface area contributed by atoms with E-state index in [9.17, 15) is 5.11 Å². The van der Waals surface area contributed by atoms with E-state index in [1.807, 2.05) is 29.1 Å². The number of aliphatic hydroxyl groups excluding tert-OH is 1. The van der Waals surface area contributed by atoms with Crippen molar-refractivity contribution in [3.05, 3.63) is 40.6 Å². The molecule has 19 heavy (non-hydrogen) atoms. The smallest absolute Gasteiger partial charge is 0.165 e. The highest BCUT2D eigenvalue weighted by molar-refractivity contribution is 9.10. The van der Waals surface area contributed by atoms with Crippen molar-refractivity contribution in [3.8, 4) is 11.5 Å². The topological polar surface area (TPSA) is 47.3 Å². The van der Waals surface area contributed by atoms with Crippen molar-refractivity contribution < 1.29 is 9.84 Å². The molecule has 4 nitrogen and oxygen atoms in total. The van der Waals surface area contributed by atoms with Crippen LogP contribution in [0.15, 0.2) is 35.1 Å². The van der Waals surface area contributed by atoms with Gasteiger partial charge in [0.1, 0.15) is 5.75 Å². The Bertz CT molecular complexity index is 564. The van der Waals surface area contributed by atoms with Crippen molar-refractivity contribution in [2.24, 2.45) is 0 Å². The van der Waals surface area contributed by atoms with Gasteiger partial charge in [0, 0.05) is 10.5 Å². The molecule has 0 unspecified atom stereocenters. The first kappa shape index (κ1) is 14.1. The van der Waals surface area contributed by atoms with Crippen LogP contribution in [0.2, 0.25) is 0 Å². The summed E-state index contributed by atoms with van der Waals surface area (Å²) >= 11 is 3.43. The quantitative estimate of drug-likeness (QED) is 0.922. The maximum atomic E-state index is 9.57. The van der Waals surface area contributed by atoms with Crippen LogP contribution in [-0.2, 0) is 0 Å². The Labute approximate surface area is 121 Å². The van der Waals surface area contributed by atoms with Gasteiger partial charge in [-0.2, -0.15) is 5.10 Å². The van der Waals surface area contributed by atoms with Crippen molar-refractivity contribution >= 4 is 15.9 Å². The zero-order chi connectivity index (χ0) is 14.0. The Hall–Kier alpha value is -1.33. The van der Waals surface area contributed by atoms with Crippen LogP contribution >= 0.6 is 15.9 Å². The summed E-state index contributed by atoms with van der Waals surface area (Å²) in [5.41, 5.74) is 0.838. The van der Waals surface area contributed by atoms with Gasteiger partial charge in [-0.05, 0) is 38.5 Å². The summed E-state index contributed by atoms with van der Waals surface area (Å²) in [6, 6.07) is 5.83. The van der Waals surface area contributed by atoms with E-state index in [4.69, 9.17) is 4.74 Å². The van der Waals surface area contributed by atoms with E-state index in [1.54, 1.807) is 13.1 Å². The van der Waals surface area contributed by atoms with E-state index in [-0.39, 0.29) is 0 Å². The van der Waals surface area contributed by atoms with E-state index in [0.29, 0.717) is 17.5 Å². The molecule has 0 spiro atoms. The zero-order valence-corrected chi connectivity index (χ0v) is 12.8. The van der Waals surface area contributed by atoms with Crippen LogP contribution in [-0.4, -0.2) is 14.9 Å². The first-order valence-corrected chi connectivity index (χ1v) is 6.96. The molecule has 102 valence electrons. The van der Waals surface area contributed by atoms with Crippen molar-refractivity contribution in [3.63, 3.8) is 0 Å². The van der Waals surface area contributed by atoms with Crippen LogP contribution < -0.4 is 4.74 Å². The van der Waals surface area contributed by atoms with Crippen molar-refractivity contribution in [1.29, 1.82) is 0 Å². The summed E-state index contributed by atoms with van der Waals surface area (Å²) < 4.78 is 8.40. The standard InChI is InChI=1S/C14H17BrN2O2/c1-9(2)17-8-12(7-16-17)19-11-4-5-13(10(3)18)14(15)6-11/h4-10,18H,1-3H3/t10-/m0/s1. The maximum Gasteiger partial charge on any atom is 0.165 e. The van der Waals surface area contributed by atoms with E-state index < -0.39 is 6.10 Å². The number of aromatic nitrogens is 2. The van der Waals surface area contributed by atoms with E-state index >= 15 is 0 Å². The van der Waals surface area contributed by atoms with Crippen LogP contribution in [0.5, 0.6) is 11.5 Å². The lowest BCUT2D eigenvalue weighted by Crippen LogP contribution is -1.99. The normalized spacial score (nSPS) is 12.7. The molecule has 2 rings (SSSR count). The summed E-state index contributed by atoms with van der Waals surface area (Å²) in [4.78, 5) is 0. The Morgan fingerprint density at radius 1 is 1.26 bits per heavy atom. The van der Waals surface area contributed by atoms with Crippen molar-refractivity contribution in [2.75, 3.05) is 0 Å². The molecule has 0 aliphatic carbocycles. The molecule has 1 aromatic carbocycles. The molecule has 1 aromatic heterocycles. The third kappa shape index (κ3) is 3.36. The van der Waals surface area contributed by atoms with E-state index in [2.05, 4.69) is 34.9 Å². The SMILES string of the molecule is CC(C)n1cc(Oc2ccc([C@H](C)O)c(Br)c2)cn1. The van der Waals surface area contributed by atoms with Gasteiger partial charge in [0.25, 0.3) is 0 Å². The molecule has 0 saturated carbocycles. The third-order valence-electron chi connectivity index (χ3n) is 2.76. The summed E-state index contributed by atoms with van der Waals surface area (Å²) in [5.74, 6) is 1.41. The van der Waals surface area contributed by atoms with Crippen molar-refractivity contribution in [2.45, 2.75) is 32.9 Å². The highest BCUT2D eigenvalue weighted by atomic mass is 79.9. The summed E-state index contributed by atoms with van der Waals surface area (Å²) in [6.07, 6.45) is 3.05. The lowest BCUT2D eigenvalue weighted by atomic mass is 10.1. The number of hydrogen-bond donors (Lipinski definition) is 1. The summed E-state index contributed by atoms with van der Waals surface area (Å²) in [5, 5.41) is 13.8. The second kappa shape index (κ2) is 5.75. The van der Waals surface area contributed by atoms with Gasteiger partial charge < -0.3 is 9.84 Å². The van der Waals surface area contributed by atoms with Crippen LogP contribution in [0.4, 0.5) is 0 Å². The molecule has 2 aromatic rings. The average molecular weight is 325 g/mol. The van der Waals surface area contributed by atoms with Gasteiger partial charge in [0.15, 0.2) is 5.75 Å². The molecule has 0 aliphatic heterocycles. The minimum absolute atomic E-state index is 0.307. The Kier molecular flexibility index (Phi) is 4.27. The molecule has 0 amide bonds.